The maximum atomic E-state index is 14.6. The van der Waals surface area contributed by atoms with E-state index in [9.17, 15) is 14.0 Å². The molecule has 0 unspecified atom stereocenters. The van der Waals surface area contributed by atoms with Gasteiger partial charge in [0.25, 0.3) is 11.8 Å². The van der Waals surface area contributed by atoms with Crippen molar-refractivity contribution in [3.63, 3.8) is 0 Å². The fraction of sp³-hybridized carbons (Fsp3) is 0.348. The molecule has 4 rings (SSSR count). The van der Waals surface area contributed by atoms with Crippen molar-refractivity contribution in [2.24, 2.45) is 5.73 Å². The summed E-state index contributed by atoms with van der Waals surface area (Å²) in [6, 6.07) is 5.83. The Morgan fingerprint density at radius 3 is 2.59 bits per heavy atom. The van der Waals surface area contributed by atoms with Crippen LogP contribution in [0.1, 0.15) is 68.9 Å². The van der Waals surface area contributed by atoms with E-state index in [1.807, 2.05) is 19.9 Å². The molecule has 1 saturated heterocycles. The molecule has 0 radical (unpaired) electrons. The average Bonchev–Trinajstić information content (AvgIpc) is 3.11. The zero-order valence-corrected chi connectivity index (χ0v) is 18.3. The number of hydrogen-bond acceptors (Lipinski definition) is 5. The maximum absolute atomic E-state index is 14.6. The van der Waals surface area contributed by atoms with Crippen LogP contribution in [0.25, 0.3) is 5.69 Å². The van der Waals surface area contributed by atoms with E-state index in [2.05, 4.69) is 15.1 Å². The molecule has 0 aliphatic carbocycles. The van der Waals surface area contributed by atoms with Crippen LogP contribution in [0.3, 0.4) is 0 Å². The quantitative estimate of drug-likeness (QED) is 0.676. The summed E-state index contributed by atoms with van der Waals surface area (Å²) in [5.41, 5.74) is 8.24. The van der Waals surface area contributed by atoms with E-state index in [0.29, 0.717) is 30.0 Å². The number of halogens is 1. The van der Waals surface area contributed by atoms with Gasteiger partial charge in [-0.05, 0) is 64.3 Å². The number of carbonyl (C=O) groups excluding carboxylic acids is 2. The highest BCUT2D eigenvalue weighted by molar-refractivity contribution is 5.95. The third-order valence-electron chi connectivity index (χ3n) is 5.76. The first-order valence-corrected chi connectivity index (χ1v) is 10.5. The van der Waals surface area contributed by atoms with Gasteiger partial charge < -0.3 is 10.6 Å². The highest BCUT2D eigenvalue weighted by atomic mass is 19.1. The van der Waals surface area contributed by atoms with Gasteiger partial charge in [-0.15, -0.1) is 0 Å². The second-order valence-electron chi connectivity index (χ2n) is 8.11. The fourth-order valence-electron chi connectivity index (χ4n) is 4.18. The molecule has 166 valence electrons. The van der Waals surface area contributed by atoms with Gasteiger partial charge in [0, 0.05) is 24.0 Å². The van der Waals surface area contributed by atoms with Crippen LogP contribution in [0, 0.1) is 26.6 Å². The number of rotatable bonds is 4. The molecule has 1 aliphatic heterocycles. The van der Waals surface area contributed by atoms with Gasteiger partial charge in [-0.1, -0.05) is 0 Å². The van der Waals surface area contributed by atoms with E-state index in [4.69, 9.17) is 5.73 Å². The van der Waals surface area contributed by atoms with Gasteiger partial charge in [-0.25, -0.2) is 19.0 Å². The van der Waals surface area contributed by atoms with Gasteiger partial charge in [0.1, 0.15) is 11.5 Å². The van der Waals surface area contributed by atoms with Gasteiger partial charge in [0.05, 0.1) is 23.0 Å². The topological polar surface area (TPSA) is 107 Å². The lowest BCUT2D eigenvalue weighted by Gasteiger charge is -2.35. The number of hydrogen-bond donors (Lipinski definition) is 1. The largest absolute Gasteiger partial charge is 0.365 e. The first-order valence-electron chi connectivity index (χ1n) is 10.5. The van der Waals surface area contributed by atoms with Crippen molar-refractivity contribution in [3.05, 3.63) is 70.3 Å². The lowest BCUT2D eigenvalue weighted by Crippen LogP contribution is -2.39. The maximum Gasteiger partial charge on any atom is 0.254 e. The Labute approximate surface area is 185 Å². The van der Waals surface area contributed by atoms with Gasteiger partial charge in [-0.3, -0.25) is 9.59 Å². The van der Waals surface area contributed by atoms with E-state index >= 15 is 0 Å². The van der Waals surface area contributed by atoms with E-state index in [0.717, 1.165) is 24.2 Å². The predicted octanol–water partition coefficient (Wildman–Crippen LogP) is 3.19. The summed E-state index contributed by atoms with van der Waals surface area (Å²) in [4.78, 5) is 35.5. The molecule has 3 aromatic rings. The molecule has 0 spiro atoms. The smallest absolute Gasteiger partial charge is 0.254 e. The molecule has 8 nitrogen and oxygen atoms in total. The number of piperidine rings is 1. The average molecular weight is 436 g/mol. The Hall–Kier alpha value is -3.62. The molecule has 0 bridgehead atoms. The molecular formula is C23H25FN6O2. The zero-order chi connectivity index (χ0) is 23.0. The van der Waals surface area contributed by atoms with E-state index < -0.39 is 11.7 Å². The number of benzene rings is 1. The molecule has 1 fully saturated rings. The molecule has 2 aromatic heterocycles. The highest BCUT2D eigenvalue weighted by Gasteiger charge is 2.31. The Bertz CT molecular complexity index is 1210. The van der Waals surface area contributed by atoms with Crippen molar-refractivity contribution in [2.75, 3.05) is 6.54 Å². The first kappa shape index (κ1) is 21.6. The molecular weight excluding hydrogens is 411 g/mol. The second kappa shape index (κ2) is 8.49. The lowest BCUT2D eigenvalue weighted by molar-refractivity contribution is 0.0599. The number of nitrogens with two attached hydrogens (primary N) is 1. The molecule has 2 amide bonds. The Kier molecular flexibility index (Phi) is 5.73. The summed E-state index contributed by atoms with van der Waals surface area (Å²) in [6.07, 6.45) is 3.89. The van der Waals surface area contributed by atoms with Gasteiger partial charge in [0.2, 0.25) is 0 Å². The van der Waals surface area contributed by atoms with Crippen LogP contribution in [0.15, 0.2) is 30.5 Å². The summed E-state index contributed by atoms with van der Waals surface area (Å²) in [5.74, 6) is -0.795. The van der Waals surface area contributed by atoms with Crippen LogP contribution in [-0.4, -0.2) is 43.0 Å². The molecule has 1 aromatic carbocycles. The number of likely N-dealkylation sites (tertiary alicyclic amines) is 1. The minimum Gasteiger partial charge on any atom is -0.365 e. The standard InChI is InChI=1S/C23H25FN6O2/c1-13-10-14(2)30(28-13)20-11-16(7-8-18(20)24)23(32)29-9-5-4-6-19(29)22-26-12-17(21(25)31)15(3)27-22/h7-8,10-12,19H,4-6,9H2,1-3H3,(H2,25,31)/t19-/m0/s1. The summed E-state index contributed by atoms with van der Waals surface area (Å²) >= 11 is 0. The van der Waals surface area contributed by atoms with Crippen molar-refractivity contribution in [3.8, 4) is 5.69 Å². The minimum atomic E-state index is -0.589. The Balaban J connectivity index is 1.68. The molecule has 32 heavy (non-hydrogen) atoms. The molecule has 1 atom stereocenters. The fourth-order valence-corrected chi connectivity index (χ4v) is 4.18. The summed E-state index contributed by atoms with van der Waals surface area (Å²) < 4.78 is 16.1. The van der Waals surface area contributed by atoms with Crippen molar-refractivity contribution >= 4 is 11.8 Å². The number of nitrogens with zero attached hydrogens (tertiary/aromatic N) is 5. The Morgan fingerprint density at radius 2 is 1.94 bits per heavy atom. The van der Waals surface area contributed by atoms with Crippen molar-refractivity contribution < 1.29 is 14.0 Å². The third-order valence-corrected chi connectivity index (χ3v) is 5.76. The van der Waals surface area contributed by atoms with Crippen LogP contribution >= 0.6 is 0 Å². The molecule has 3 heterocycles. The van der Waals surface area contributed by atoms with Crippen LogP contribution in [0.2, 0.25) is 0 Å². The number of primary amides is 1. The number of amides is 2. The zero-order valence-electron chi connectivity index (χ0n) is 18.3. The van der Waals surface area contributed by atoms with E-state index in [-0.39, 0.29) is 23.2 Å². The normalized spacial score (nSPS) is 16.2. The molecule has 1 aliphatic rings. The third kappa shape index (κ3) is 3.98. The monoisotopic (exact) mass is 436 g/mol. The Morgan fingerprint density at radius 1 is 1.16 bits per heavy atom. The van der Waals surface area contributed by atoms with Gasteiger partial charge in [-0.2, -0.15) is 5.10 Å². The number of carbonyl (C=O) groups is 2. The minimum absolute atomic E-state index is 0.224. The summed E-state index contributed by atoms with van der Waals surface area (Å²) in [5, 5.41) is 4.34. The molecule has 2 N–H and O–H groups in total. The van der Waals surface area contributed by atoms with E-state index in [1.54, 1.807) is 11.8 Å². The molecule has 9 heteroatoms. The number of aryl methyl sites for hydroxylation is 3. The van der Waals surface area contributed by atoms with Gasteiger partial charge >= 0.3 is 0 Å². The lowest BCUT2D eigenvalue weighted by atomic mass is 9.99. The predicted molar refractivity (Wildman–Crippen MR) is 116 cm³/mol. The molecule has 0 saturated carbocycles. The van der Waals surface area contributed by atoms with Crippen LogP contribution in [0.5, 0.6) is 0 Å². The van der Waals surface area contributed by atoms with Crippen molar-refractivity contribution in [2.45, 2.75) is 46.1 Å². The van der Waals surface area contributed by atoms with Crippen molar-refractivity contribution in [1.82, 2.24) is 24.6 Å². The first-order chi connectivity index (χ1) is 15.3. The highest BCUT2D eigenvalue weighted by Crippen LogP contribution is 2.31. The van der Waals surface area contributed by atoms with Crippen LogP contribution in [-0.2, 0) is 0 Å². The summed E-state index contributed by atoms with van der Waals surface area (Å²) in [7, 11) is 0. The SMILES string of the molecule is Cc1cc(C)n(-c2cc(C(=O)N3CCCC[C@H]3c3ncc(C(N)=O)c(C)n3)ccc2F)n1. The second-order valence-corrected chi connectivity index (χ2v) is 8.11. The van der Waals surface area contributed by atoms with Crippen molar-refractivity contribution in [1.29, 1.82) is 0 Å². The van der Waals surface area contributed by atoms with Crippen LogP contribution in [0.4, 0.5) is 4.39 Å². The number of aromatic nitrogens is 4. The van der Waals surface area contributed by atoms with Crippen LogP contribution < -0.4 is 5.73 Å². The summed E-state index contributed by atoms with van der Waals surface area (Å²) in [6.45, 7) is 5.90. The van der Waals surface area contributed by atoms with Gasteiger partial charge in [0.15, 0.2) is 5.82 Å². The van der Waals surface area contributed by atoms with E-state index in [1.165, 1.54) is 29.1 Å².